The maximum Gasteiger partial charge on any atom is 0.338 e. The summed E-state index contributed by atoms with van der Waals surface area (Å²) >= 11 is 0. The third kappa shape index (κ3) is 3.15. The Bertz CT molecular complexity index is 974. The fourth-order valence-electron chi connectivity index (χ4n) is 6.84. The molecule has 162 valence electrons. The number of ketones is 1. The number of carbonyl (C=O) groups excluding carboxylic acids is 4. The standard InChI is InChI=1S/C25H27NO5/c1-3-6-26-22(28)19-5-4-18(10-20(19)23(26)29)24(30)31-14(2)21(27)25-11-15-7-16(12-25)9-17(8-15)13-25/h3-5,10,14-17H,1,6-9,11-13H2,2H3/t14-,15?,16?,17?,25?/m1/s1. The zero-order valence-electron chi connectivity index (χ0n) is 17.8. The Labute approximate surface area is 181 Å². The van der Waals surface area contributed by atoms with E-state index in [4.69, 9.17) is 4.74 Å². The molecule has 0 spiro atoms. The maximum atomic E-state index is 13.4. The van der Waals surface area contributed by atoms with Gasteiger partial charge in [-0.3, -0.25) is 19.3 Å². The van der Waals surface area contributed by atoms with Crippen molar-refractivity contribution in [1.82, 2.24) is 4.90 Å². The number of carbonyl (C=O) groups is 4. The van der Waals surface area contributed by atoms with Crippen molar-refractivity contribution in [3.8, 4) is 0 Å². The summed E-state index contributed by atoms with van der Waals surface area (Å²) in [6.45, 7) is 5.34. The molecule has 1 aromatic carbocycles. The van der Waals surface area contributed by atoms with Crippen molar-refractivity contribution in [2.24, 2.45) is 23.2 Å². The van der Waals surface area contributed by atoms with Crippen molar-refractivity contribution in [1.29, 1.82) is 0 Å². The molecule has 0 unspecified atom stereocenters. The van der Waals surface area contributed by atoms with Crippen LogP contribution in [0.15, 0.2) is 30.9 Å². The lowest BCUT2D eigenvalue weighted by molar-refractivity contribution is -0.152. The summed E-state index contributed by atoms with van der Waals surface area (Å²) in [5.41, 5.74) is 0.285. The highest BCUT2D eigenvalue weighted by molar-refractivity contribution is 6.22. The van der Waals surface area contributed by atoms with E-state index in [1.807, 2.05) is 0 Å². The minimum absolute atomic E-state index is 0.0459. The number of fused-ring (bicyclic) bond motifs is 1. The zero-order valence-corrected chi connectivity index (χ0v) is 17.8. The molecule has 4 saturated carbocycles. The molecule has 1 heterocycles. The van der Waals surface area contributed by atoms with Crippen molar-refractivity contribution >= 4 is 23.6 Å². The van der Waals surface area contributed by atoms with Gasteiger partial charge in [0.2, 0.25) is 0 Å². The molecule has 1 atom stereocenters. The van der Waals surface area contributed by atoms with Gasteiger partial charge in [0.1, 0.15) is 0 Å². The lowest BCUT2D eigenvalue weighted by atomic mass is 9.48. The molecule has 2 amide bonds. The summed E-state index contributed by atoms with van der Waals surface area (Å²) in [4.78, 5) is 52.1. The molecule has 1 aromatic rings. The second-order valence-electron chi connectivity index (χ2n) is 9.88. The first-order valence-electron chi connectivity index (χ1n) is 11.2. The van der Waals surface area contributed by atoms with Gasteiger partial charge in [-0.1, -0.05) is 6.08 Å². The van der Waals surface area contributed by atoms with Gasteiger partial charge in [-0.15, -0.1) is 6.58 Å². The lowest BCUT2D eigenvalue weighted by Crippen LogP contribution is -2.52. The van der Waals surface area contributed by atoms with Crippen LogP contribution in [0.2, 0.25) is 0 Å². The van der Waals surface area contributed by atoms with Crippen LogP contribution in [0.25, 0.3) is 0 Å². The zero-order chi connectivity index (χ0) is 21.9. The molecule has 6 rings (SSSR count). The van der Waals surface area contributed by atoms with Crippen LogP contribution in [-0.2, 0) is 9.53 Å². The highest BCUT2D eigenvalue weighted by atomic mass is 16.5. The average molecular weight is 421 g/mol. The third-order valence-electron chi connectivity index (χ3n) is 7.73. The van der Waals surface area contributed by atoms with Crippen LogP contribution in [0.3, 0.4) is 0 Å². The van der Waals surface area contributed by atoms with Crippen LogP contribution < -0.4 is 0 Å². The van der Waals surface area contributed by atoms with Gasteiger partial charge in [-0.05, 0) is 81.4 Å². The first-order valence-corrected chi connectivity index (χ1v) is 11.2. The van der Waals surface area contributed by atoms with Gasteiger partial charge in [0.25, 0.3) is 11.8 Å². The Hall–Kier alpha value is -2.76. The van der Waals surface area contributed by atoms with E-state index in [-0.39, 0.29) is 34.4 Å². The van der Waals surface area contributed by atoms with Gasteiger partial charge >= 0.3 is 5.97 Å². The summed E-state index contributed by atoms with van der Waals surface area (Å²) < 4.78 is 5.57. The van der Waals surface area contributed by atoms with Gasteiger partial charge in [-0.2, -0.15) is 0 Å². The van der Waals surface area contributed by atoms with Crippen LogP contribution in [-0.4, -0.2) is 41.1 Å². The number of imide groups is 1. The van der Waals surface area contributed by atoms with E-state index in [0.29, 0.717) is 17.8 Å². The van der Waals surface area contributed by atoms with Gasteiger partial charge in [0.15, 0.2) is 11.9 Å². The van der Waals surface area contributed by atoms with Crippen LogP contribution in [0.4, 0.5) is 0 Å². The third-order valence-corrected chi connectivity index (χ3v) is 7.73. The molecule has 0 N–H and O–H groups in total. The number of hydrogen-bond donors (Lipinski definition) is 0. The molecule has 4 bridgehead atoms. The summed E-state index contributed by atoms with van der Waals surface area (Å²) in [5.74, 6) is 0.461. The van der Waals surface area contributed by atoms with E-state index < -0.39 is 23.9 Å². The largest absolute Gasteiger partial charge is 0.451 e. The Morgan fingerprint density at radius 3 is 2.26 bits per heavy atom. The lowest BCUT2D eigenvalue weighted by Gasteiger charge is -2.56. The summed E-state index contributed by atoms with van der Waals surface area (Å²) in [7, 11) is 0. The Kier molecular flexibility index (Phi) is 4.65. The first kappa shape index (κ1) is 20.2. The van der Waals surface area contributed by atoms with E-state index in [9.17, 15) is 19.2 Å². The number of rotatable bonds is 6. The molecular weight excluding hydrogens is 394 g/mol. The monoisotopic (exact) mass is 421 g/mol. The summed E-state index contributed by atoms with van der Waals surface area (Å²) in [6, 6.07) is 4.34. The van der Waals surface area contributed by atoms with Crippen molar-refractivity contribution < 1.29 is 23.9 Å². The highest BCUT2D eigenvalue weighted by Crippen LogP contribution is 2.60. The quantitative estimate of drug-likeness (QED) is 0.396. The van der Waals surface area contributed by atoms with E-state index >= 15 is 0 Å². The fraction of sp³-hybridized carbons (Fsp3) is 0.520. The Morgan fingerprint density at radius 2 is 1.68 bits per heavy atom. The predicted octanol–water partition coefficient (Wildman–Crippen LogP) is 3.80. The van der Waals surface area contributed by atoms with E-state index in [2.05, 4.69) is 6.58 Å². The van der Waals surface area contributed by atoms with Crippen LogP contribution >= 0.6 is 0 Å². The van der Waals surface area contributed by atoms with Crippen molar-refractivity contribution in [2.75, 3.05) is 6.54 Å². The van der Waals surface area contributed by atoms with Gasteiger partial charge in [0, 0.05) is 12.0 Å². The van der Waals surface area contributed by atoms with E-state index in [1.165, 1.54) is 43.5 Å². The maximum absolute atomic E-state index is 13.4. The molecule has 0 radical (unpaired) electrons. The van der Waals surface area contributed by atoms with Crippen LogP contribution in [0.5, 0.6) is 0 Å². The Balaban J connectivity index is 1.31. The molecule has 4 fully saturated rings. The number of hydrogen-bond acceptors (Lipinski definition) is 5. The van der Waals surface area contributed by atoms with E-state index in [1.54, 1.807) is 6.92 Å². The molecule has 6 nitrogen and oxygen atoms in total. The SMILES string of the molecule is C=CCN1C(=O)c2ccc(C(=O)O[C@H](C)C(=O)C34CC5CC(CC(C5)C3)C4)cc2C1=O. The predicted molar refractivity (Wildman–Crippen MR) is 112 cm³/mol. The molecule has 1 aliphatic heterocycles. The van der Waals surface area contributed by atoms with Crippen molar-refractivity contribution in [3.05, 3.63) is 47.5 Å². The number of nitrogens with zero attached hydrogens (tertiary/aromatic N) is 1. The van der Waals surface area contributed by atoms with Crippen molar-refractivity contribution in [2.45, 2.75) is 51.6 Å². The van der Waals surface area contributed by atoms with Gasteiger partial charge < -0.3 is 4.74 Å². The highest BCUT2D eigenvalue weighted by Gasteiger charge is 2.55. The normalized spacial score (nSPS) is 31.5. The fourth-order valence-corrected chi connectivity index (χ4v) is 6.84. The first-order chi connectivity index (χ1) is 14.8. The van der Waals surface area contributed by atoms with Gasteiger partial charge in [-0.25, -0.2) is 4.79 Å². The summed E-state index contributed by atoms with van der Waals surface area (Å²) in [6.07, 6.45) is 7.15. The van der Waals surface area contributed by atoms with Gasteiger partial charge in [0.05, 0.1) is 16.7 Å². The minimum atomic E-state index is -0.827. The van der Waals surface area contributed by atoms with E-state index in [0.717, 1.165) is 24.2 Å². The summed E-state index contributed by atoms with van der Waals surface area (Å²) in [5, 5.41) is 0. The molecule has 0 aromatic heterocycles. The van der Waals surface area contributed by atoms with Crippen molar-refractivity contribution in [3.63, 3.8) is 0 Å². The molecule has 6 heteroatoms. The smallest absolute Gasteiger partial charge is 0.338 e. The van der Waals surface area contributed by atoms with Crippen LogP contribution in [0.1, 0.15) is 76.5 Å². The molecule has 5 aliphatic rings. The molecule has 0 saturated heterocycles. The molecule has 4 aliphatic carbocycles. The second-order valence-corrected chi connectivity index (χ2v) is 9.88. The number of ether oxygens (including phenoxy) is 1. The second kappa shape index (κ2) is 7.14. The van der Waals surface area contributed by atoms with Crippen LogP contribution in [0, 0.1) is 23.2 Å². The number of Topliss-reactive ketones (excluding diaryl/α,β-unsaturated/α-hetero) is 1. The molecule has 31 heavy (non-hydrogen) atoms. The molecular formula is C25H27NO5. The minimum Gasteiger partial charge on any atom is -0.451 e. The Morgan fingerprint density at radius 1 is 1.10 bits per heavy atom. The average Bonchev–Trinajstić information content (AvgIpc) is 2.97. The number of esters is 1. The number of benzene rings is 1. The topological polar surface area (TPSA) is 80.8 Å². The number of amides is 2.